The van der Waals surface area contributed by atoms with Gasteiger partial charge < -0.3 is 9.88 Å². The van der Waals surface area contributed by atoms with Gasteiger partial charge in [-0.15, -0.1) is 0 Å². The van der Waals surface area contributed by atoms with E-state index in [1.165, 1.54) is 17.6 Å². The molecule has 0 saturated carbocycles. The van der Waals surface area contributed by atoms with Gasteiger partial charge in [0.2, 0.25) is 0 Å². The fraction of sp³-hybridized carbons (Fsp3) is 0.400. The fourth-order valence-electron chi connectivity index (χ4n) is 2.14. The minimum Gasteiger partial charge on any atom is -0.343 e. The molecule has 0 aromatic carbocycles. The maximum absolute atomic E-state index is 6.09. The third-order valence-electron chi connectivity index (χ3n) is 2.91. The number of nitrogens with zero attached hydrogens (tertiary/aromatic N) is 3. The molecule has 0 radical (unpaired) electrons. The Bertz CT molecular complexity index is 519. The maximum Gasteiger partial charge on any atom is 0.142 e. The van der Waals surface area contributed by atoms with Crippen LogP contribution in [0.5, 0.6) is 0 Å². The van der Waals surface area contributed by atoms with E-state index in [1.54, 1.807) is 0 Å². The summed E-state index contributed by atoms with van der Waals surface area (Å²) in [6.45, 7) is 1.99. The van der Waals surface area contributed by atoms with Gasteiger partial charge in [-0.1, -0.05) is 11.6 Å². The Hall–Kier alpha value is -1.13. The van der Waals surface area contributed by atoms with Crippen LogP contribution in [0.2, 0.25) is 5.15 Å². The van der Waals surface area contributed by atoms with Crippen molar-refractivity contribution in [3.05, 3.63) is 22.7 Å². The number of halogens is 1. The molecule has 1 aliphatic rings. The van der Waals surface area contributed by atoms with Crippen LogP contribution in [0, 0.1) is 0 Å². The van der Waals surface area contributed by atoms with Crippen molar-refractivity contribution >= 4 is 22.6 Å². The van der Waals surface area contributed by atoms with E-state index in [1.807, 2.05) is 0 Å². The van der Waals surface area contributed by atoms with Gasteiger partial charge >= 0.3 is 0 Å². The van der Waals surface area contributed by atoms with E-state index in [9.17, 15) is 0 Å². The minimum atomic E-state index is 0.549. The molecule has 2 aromatic rings. The number of likely N-dealkylation sites (N-methyl/N-ethyl adjacent to an activating group) is 1. The zero-order valence-electron chi connectivity index (χ0n) is 8.42. The number of H-pyrrole nitrogens is 1. The smallest absolute Gasteiger partial charge is 0.142 e. The van der Waals surface area contributed by atoms with Gasteiger partial charge in [0.25, 0.3) is 0 Å². The van der Waals surface area contributed by atoms with Gasteiger partial charge in [-0.05, 0) is 12.6 Å². The Labute approximate surface area is 92.3 Å². The molecule has 15 heavy (non-hydrogen) atoms. The van der Waals surface area contributed by atoms with Crippen molar-refractivity contribution in [3.63, 3.8) is 0 Å². The van der Waals surface area contributed by atoms with Crippen molar-refractivity contribution in [2.24, 2.45) is 0 Å². The molecule has 78 valence electrons. The van der Waals surface area contributed by atoms with Crippen LogP contribution in [-0.2, 0) is 13.0 Å². The molecule has 0 atom stereocenters. The van der Waals surface area contributed by atoms with Crippen LogP contribution >= 0.6 is 11.6 Å². The summed E-state index contributed by atoms with van der Waals surface area (Å²) in [5.74, 6) is 0. The summed E-state index contributed by atoms with van der Waals surface area (Å²) >= 11 is 6.09. The summed E-state index contributed by atoms with van der Waals surface area (Å²) in [6.07, 6.45) is 2.52. The number of aromatic amines is 1. The van der Waals surface area contributed by atoms with E-state index in [4.69, 9.17) is 11.6 Å². The van der Waals surface area contributed by atoms with E-state index in [0.717, 1.165) is 30.5 Å². The SMILES string of the molecule is CN1CCc2[nH]c3ncnc(Cl)c3c2C1. The Morgan fingerprint density at radius 2 is 2.33 bits per heavy atom. The quantitative estimate of drug-likeness (QED) is 0.689. The van der Waals surface area contributed by atoms with Crippen molar-refractivity contribution in [1.29, 1.82) is 0 Å². The predicted molar refractivity (Wildman–Crippen MR) is 58.9 cm³/mol. The van der Waals surface area contributed by atoms with Crippen LogP contribution in [0.1, 0.15) is 11.3 Å². The summed E-state index contributed by atoms with van der Waals surface area (Å²) < 4.78 is 0. The van der Waals surface area contributed by atoms with Crippen molar-refractivity contribution in [1.82, 2.24) is 19.9 Å². The van der Waals surface area contributed by atoms with Crippen LogP contribution in [0.4, 0.5) is 0 Å². The first-order chi connectivity index (χ1) is 7.25. The van der Waals surface area contributed by atoms with Crippen molar-refractivity contribution in [2.45, 2.75) is 13.0 Å². The van der Waals surface area contributed by atoms with Crippen LogP contribution in [0.25, 0.3) is 11.0 Å². The second-order valence-corrected chi connectivity index (χ2v) is 4.32. The average Bonchev–Trinajstić information content (AvgIpc) is 2.57. The largest absolute Gasteiger partial charge is 0.343 e. The number of aromatic nitrogens is 3. The highest BCUT2D eigenvalue weighted by Gasteiger charge is 2.20. The molecule has 0 bridgehead atoms. The maximum atomic E-state index is 6.09. The molecule has 5 heteroatoms. The van der Waals surface area contributed by atoms with Gasteiger partial charge in [-0.25, -0.2) is 9.97 Å². The number of fused-ring (bicyclic) bond motifs is 3. The van der Waals surface area contributed by atoms with Crippen molar-refractivity contribution in [3.8, 4) is 0 Å². The van der Waals surface area contributed by atoms with E-state index in [2.05, 4.69) is 26.9 Å². The van der Waals surface area contributed by atoms with Crippen LogP contribution in [0.15, 0.2) is 6.33 Å². The summed E-state index contributed by atoms with van der Waals surface area (Å²) in [5, 5.41) is 1.54. The summed E-state index contributed by atoms with van der Waals surface area (Å²) in [6, 6.07) is 0. The van der Waals surface area contributed by atoms with Crippen LogP contribution < -0.4 is 0 Å². The lowest BCUT2D eigenvalue weighted by atomic mass is 10.1. The summed E-state index contributed by atoms with van der Waals surface area (Å²) in [5.41, 5.74) is 3.37. The van der Waals surface area contributed by atoms with Crippen LogP contribution in [-0.4, -0.2) is 33.4 Å². The Balaban J connectivity index is 2.30. The predicted octanol–water partition coefficient (Wildman–Crippen LogP) is 1.60. The molecular formula is C10H11ClN4. The molecule has 4 nitrogen and oxygen atoms in total. The molecule has 1 aliphatic heterocycles. The van der Waals surface area contributed by atoms with E-state index in [0.29, 0.717) is 5.15 Å². The zero-order chi connectivity index (χ0) is 10.4. The van der Waals surface area contributed by atoms with Gasteiger partial charge in [0.15, 0.2) is 0 Å². The second-order valence-electron chi connectivity index (χ2n) is 3.96. The van der Waals surface area contributed by atoms with Gasteiger partial charge in [-0.2, -0.15) is 0 Å². The molecule has 0 unspecified atom stereocenters. The van der Waals surface area contributed by atoms with Gasteiger partial charge in [0.1, 0.15) is 17.1 Å². The summed E-state index contributed by atoms with van der Waals surface area (Å²) in [7, 11) is 2.11. The molecule has 0 aliphatic carbocycles. The number of nitrogens with one attached hydrogen (secondary N) is 1. The van der Waals surface area contributed by atoms with Gasteiger partial charge in [0.05, 0.1) is 5.39 Å². The topological polar surface area (TPSA) is 44.8 Å². The van der Waals surface area contributed by atoms with Gasteiger partial charge in [-0.3, -0.25) is 0 Å². The zero-order valence-corrected chi connectivity index (χ0v) is 9.17. The van der Waals surface area contributed by atoms with Crippen molar-refractivity contribution < 1.29 is 0 Å². The number of hydrogen-bond donors (Lipinski definition) is 1. The average molecular weight is 223 g/mol. The molecular weight excluding hydrogens is 212 g/mol. The highest BCUT2D eigenvalue weighted by Crippen LogP contribution is 2.29. The molecule has 0 fully saturated rings. The minimum absolute atomic E-state index is 0.549. The number of hydrogen-bond acceptors (Lipinski definition) is 3. The standard InChI is InChI=1S/C10H11ClN4/c1-15-3-2-7-6(4-15)8-9(11)12-5-13-10(8)14-7/h5H,2-4H2,1H3,(H,12,13,14). The third-order valence-corrected chi connectivity index (χ3v) is 3.19. The molecule has 3 heterocycles. The molecule has 0 amide bonds. The summed E-state index contributed by atoms with van der Waals surface area (Å²) in [4.78, 5) is 13.8. The Morgan fingerprint density at radius 1 is 1.47 bits per heavy atom. The lowest BCUT2D eigenvalue weighted by Gasteiger charge is -2.22. The van der Waals surface area contributed by atoms with E-state index >= 15 is 0 Å². The first-order valence-electron chi connectivity index (χ1n) is 4.94. The fourth-order valence-corrected chi connectivity index (χ4v) is 2.38. The molecule has 3 rings (SSSR count). The lowest BCUT2D eigenvalue weighted by Crippen LogP contribution is -2.26. The van der Waals surface area contributed by atoms with Crippen LogP contribution in [0.3, 0.4) is 0 Å². The van der Waals surface area contributed by atoms with E-state index < -0.39 is 0 Å². The molecule has 0 saturated heterocycles. The van der Waals surface area contributed by atoms with Gasteiger partial charge in [0, 0.05) is 25.2 Å². The molecule has 1 N–H and O–H groups in total. The monoisotopic (exact) mass is 222 g/mol. The van der Waals surface area contributed by atoms with Crippen molar-refractivity contribution in [2.75, 3.05) is 13.6 Å². The molecule has 2 aromatic heterocycles. The lowest BCUT2D eigenvalue weighted by molar-refractivity contribution is 0.313. The first-order valence-corrected chi connectivity index (χ1v) is 5.32. The highest BCUT2D eigenvalue weighted by atomic mass is 35.5. The third kappa shape index (κ3) is 1.33. The second kappa shape index (κ2) is 3.18. The normalized spacial score (nSPS) is 16.9. The number of rotatable bonds is 0. The Kier molecular flexibility index (Phi) is 1.94. The Morgan fingerprint density at radius 3 is 3.20 bits per heavy atom. The first kappa shape index (κ1) is 9.12. The molecule has 0 spiro atoms. The van der Waals surface area contributed by atoms with E-state index in [-0.39, 0.29) is 0 Å². The highest BCUT2D eigenvalue weighted by molar-refractivity contribution is 6.34.